The number of rotatable bonds is 5. The van der Waals surface area contributed by atoms with Gasteiger partial charge in [-0.1, -0.05) is 0 Å². The molecule has 1 aliphatic carbocycles. The predicted octanol–water partition coefficient (Wildman–Crippen LogP) is -0.382. The number of hydrogen-bond donors (Lipinski definition) is 2. The van der Waals surface area contributed by atoms with Crippen molar-refractivity contribution in [2.24, 2.45) is 5.73 Å². The summed E-state index contributed by atoms with van der Waals surface area (Å²) >= 11 is 0. The Hall–Kier alpha value is -0.650. The number of nitrogens with zero attached hydrogens (tertiary/aromatic N) is 2. The van der Waals surface area contributed by atoms with Gasteiger partial charge in [-0.2, -0.15) is 0 Å². The van der Waals surface area contributed by atoms with E-state index < -0.39 is 0 Å². The van der Waals surface area contributed by atoms with Crippen LogP contribution in [-0.4, -0.2) is 67.1 Å². The highest BCUT2D eigenvalue weighted by Crippen LogP contribution is 2.19. The largest absolute Gasteiger partial charge is 0.353 e. The van der Waals surface area contributed by atoms with Gasteiger partial charge in [0.25, 0.3) is 0 Å². The van der Waals surface area contributed by atoms with Gasteiger partial charge in [-0.25, -0.2) is 0 Å². The summed E-state index contributed by atoms with van der Waals surface area (Å²) in [6, 6.07) is 1.11. The van der Waals surface area contributed by atoms with E-state index in [1.165, 1.54) is 0 Å². The van der Waals surface area contributed by atoms with E-state index in [2.05, 4.69) is 29.1 Å². The van der Waals surface area contributed by atoms with Crippen molar-refractivity contribution in [3.63, 3.8) is 0 Å². The first-order valence-corrected chi connectivity index (χ1v) is 7.04. The van der Waals surface area contributed by atoms with Gasteiger partial charge >= 0.3 is 0 Å². The van der Waals surface area contributed by atoms with Gasteiger partial charge in [-0.15, -0.1) is 0 Å². The highest BCUT2D eigenvalue weighted by Gasteiger charge is 2.30. The zero-order chi connectivity index (χ0) is 13.1. The van der Waals surface area contributed by atoms with Gasteiger partial charge < -0.3 is 16.0 Å². The number of carbonyl (C=O) groups is 1. The molecule has 1 saturated carbocycles. The highest BCUT2D eigenvalue weighted by molar-refractivity contribution is 5.77. The second kappa shape index (κ2) is 5.99. The second-order valence-electron chi connectivity index (χ2n) is 5.78. The van der Waals surface area contributed by atoms with Crippen LogP contribution in [0, 0.1) is 0 Å². The highest BCUT2D eigenvalue weighted by atomic mass is 16.1. The van der Waals surface area contributed by atoms with E-state index in [-0.39, 0.29) is 11.9 Å². The van der Waals surface area contributed by atoms with E-state index in [0.29, 0.717) is 25.0 Å². The monoisotopic (exact) mass is 254 g/mol. The van der Waals surface area contributed by atoms with Crippen LogP contribution in [0.1, 0.15) is 26.2 Å². The molecule has 0 aromatic rings. The van der Waals surface area contributed by atoms with E-state index in [4.69, 9.17) is 5.73 Å². The van der Waals surface area contributed by atoms with Gasteiger partial charge in [-0.05, 0) is 26.8 Å². The smallest absolute Gasteiger partial charge is 0.221 e. The fourth-order valence-electron chi connectivity index (χ4n) is 2.76. The van der Waals surface area contributed by atoms with Crippen molar-refractivity contribution in [1.29, 1.82) is 0 Å². The minimum Gasteiger partial charge on any atom is -0.353 e. The third kappa shape index (κ3) is 3.67. The zero-order valence-corrected chi connectivity index (χ0v) is 11.6. The molecule has 0 radical (unpaired) electrons. The molecular weight excluding hydrogens is 228 g/mol. The fourth-order valence-corrected chi connectivity index (χ4v) is 2.76. The van der Waals surface area contributed by atoms with Crippen LogP contribution in [0.5, 0.6) is 0 Å². The average molecular weight is 254 g/mol. The summed E-state index contributed by atoms with van der Waals surface area (Å²) in [6.45, 7) is 5.91. The summed E-state index contributed by atoms with van der Waals surface area (Å²) in [6.07, 6.45) is 2.83. The van der Waals surface area contributed by atoms with Gasteiger partial charge in [-0.3, -0.25) is 9.69 Å². The van der Waals surface area contributed by atoms with E-state index in [0.717, 1.165) is 32.5 Å². The maximum absolute atomic E-state index is 11.9. The number of nitrogens with two attached hydrogens (primary N) is 1. The van der Waals surface area contributed by atoms with Crippen molar-refractivity contribution in [2.45, 2.75) is 44.3 Å². The zero-order valence-electron chi connectivity index (χ0n) is 11.6. The Morgan fingerprint density at radius 3 is 2.72 bits per heavy atom. The Kier molecular flexibility index (Phi) is 4.59. The molecule has 0 bridgehead atoms. The third-order valence-corrected chi connectivity index (χ3v) is 3.99. The number of piperazine rings is 1. The molecule has 0 spiro atoms. The van der Waals surface area contributed by atoms with Crippen molar-refractivity contribution < 1.29 is 4.79 Å². The molecule has 5 heteroatoms. The van der Waals surface area contributed by atoms with Crippen LogP contribution in [0.2, 0.25) is 0 Å². The summed E-state index contributed by atoms with van der Waals surface area (Å²) in [5.74, 6) is 0.166. The summed E-state index contributed by atoms with van der Waals surface area (Å²) in [7, 11) is 2.14. The molecular formula is C13H26N4O. The number of nitrogens with one attached hydrogen (secondary N) is 1. The maximum Gasteiger partial charge on any atom is 0.221 e. The van der Waals surface area contributed by atoms with E-state index in [9.17, 15) is 4.79 Å². The topological polar surface area (TPSA) is 61.6 Å². The molecule has 18 heavy (non-hydrogen) atoms. The molecule has 1 aliphatic heterocycles. The van der Waals surface area contributed by atoms with Crippen molar-refractivity contribution in [3.05, 3.63) is 0 Å². The molecule has 2 atom stereocenters. The van der Waals surface area contributed by atoms with Crippen LogP contribution in [0.15, 0.2) is 0 Å². The Balaban J connectivity index is 1.84. The minimum absolute atomic E-state index is 0.166. The lowest BCUT2D eigenvalue weighted by molar-refractivity contribution is -0.122. The van der Waals surface area contributed by atoms with Crippen molar-refractivity contribution in [2.75, 3.05) is 33.2 Å². The predicted molar refractivity (Wildman–Crippen MR) is 72.3 cm³/mol. The molecule has 3 N–H and O–H groups in total. The first kappa shape index (κ1) is 13.8. The number of carbonyl (C=O) groups excluding carboxylic acids is 1. The van der Waals surface area contributed by atoms with Gasteiger partial charge in [0.05, 0.1) is 0 Å². The molecule has 2 unspecified atom stereocenters. The Morgan fingerprint density at radius 1 is 1.44 bits per heavy atom. The summed E-state index contributed by atoms with van der Waals surface area (Å²) in [5.41, 5.74) is 5.86. The van der Waals surface area contributed by atoms with Crippen molar-refractivity contribution in [1.82, 2.24) is 15.1 Å². The first-order chi connectivity index (χ1) is 8.60. The van der Waals surface area contributed by atoms with E-state index in [1.807, 2.05) is 0 Å². The minimum atomic E-state index is 0.166. The van der Waals surface area contributed by atoms with E-state index >= 15 is 0 Å². The quantitative estimate of drug-likeness (QED) is 0.702. The van der Waals surface area contributed by atoms with Crippen molar-refractivity contribution in [3.8, 4) is 0 Å². The molecule has 2 fully saturated rings. The molecule has 2 rings (SSSR count). The Bertz CT molecular complexity index is 293. The molecule has 2 aliphatic rings. The van der Waals surface area contributed by atoms with Crippen LogP contribution in [-0.2, 0) is 4.79 Å². The van der Waals surface area contributed by atoms with Crippen LogP contribution in [0.4, 0.5) is 0 Å². The van der Waals surface area contributed by atoms with Crippen LogP contribution in [0.3, 0.4) is 0 Å². The Morgan fingerprint density at radius 2 is 2.17 bits per heavy atom. The van der Waals surface area contributed by atoms with Gasteiger partial charge in [0.15, 0.2) is 0 Å². The van der Waals surface area contributed by atoms with Crippen LogP contribution in [0.25, 0.3) is 0 Å². The molecule has 1 heterocycles. The SMILES string of the molecule is CC1CN(C)CCN1C(CN)CC(=O)NC1CC1. The van der Waals surface area contributed by atoms with Gasteiger partial charge in [0.1, 0.15) is 0 Å². The molecule has 1 amide bonds. The molecule has 104 valence electrons. The first-order valence-electron chi connectivity index (χ1n) is 7.04. The normalized spacial score (nSPS) is 28.1. The summed E-state index contributed by atoms with van der Waals surface area (Å²) in [5, 5.41) is 3.05. The molecule has 0 aromatic heterocycles. The standard InChI is InChI=1S/C13H26N4O/c1-10-9-16(2)5-6-17(10)12(8-14)7-13(18)15-11-3-4-11/h10-12H,3-9,14H2,1-2H3,(H,15,18). The molecule has 5 nitrogen and oxygen atoms in total. The number of amides is 1. The third-order valence-electron chi connectivity index (χ3n) is 3.99. The lowest BCUT2D eigenvalue weighted by atomic mass is 10.1. The van der Waals surface area contributed by atoms with E-state index in [1.54, 1.807) is 0 Å². The number of hydrogen-bond acceptors (Lipinski definition) is 4. The average Bonchev–Trinajstić information content (AvgIpc) is 3.10. The number of likely N-dealkylation sites (N-methyl/N-ethyl adjacent to an activating group) is 1. The second-order valence-corrected chi connectivity index (χ2v) is 5.78. The summed E-state index contributed by atoms with van der Waals surface area (Å²) in [4.78, 5) is 16.6. The van der Waals surface area contributed by atoms with Crippen molar-refractivity contribution >= 4 is 5.91 Å². The van der Waals surface area contributed by atoms with Crippen LogP contribution < -0.4 is 11.1 Å². The lowest BCUT2D eigenvalue weighted by Gasteiger charge is -2.42. The van der Waals surface area contributed by atoms with Crippen LogP contribution >= 0.6 is 0 Å². The fraction of sp³-hybridized carbons (Fsp3) is 0.923. The molecule has 1 saturated heterocycles. The lowest BCUT2D eigenvalue weighted by Crippen LogP contribution is -2.57. The van der Waals surface area contributed by atoms with Gasteiger partial charge in [0, 0.05) is 50.7 Å². The van der Waals surface area contributed by atoms with Gasteiger partial charge in [0.2, 0.25) is 5.91 Å². The molecule has 0 aromatic carbocycles. The Labute approximate surface area is 110 Å². The summed E-state index contributed by atoms with van der Waals surface area (Å²) < 4.78 is 0. The maximum atomic E-state index is 11.9.